The molecule has 3 aromatic rings. The number of halogens is 5. The van der Waals surface area contributed by atoms with Gasteiger partial charge in [0.1, 0.15) is 18.2 Å². The van der Waals surface area contributed by atoms with E-state index < -0.39 is 29.8 Å². The van der Waals surface area contributed by atoms with Gasteiger partial charge in [-0.2, -0.15) is 18.3 Å². The van der Waals surface area contributed by atoms with Gasteiger partial charge in [-0.1, -0.05) is 0 Å². The Bertz CT molecular complexity index is 1120. The van der Waals surface area contributed by atoms with Crippen LogP contribution in [0.4, 0.5) is 27.8 Å². The number of carbonyl (C=O) groups excluding carboxylic acids is 1. The summed E-state index contributed by atoms with van der Waals surface area (Å²) in [5.74, 6) is -2.06. The molecular formula is C20H16F5N3O2S. The van der Waals surface area contributed by atoms with E-state index in [-0.39, 0.29) is 31.1 Å². The number of hydrogen-bond donors (Lipinski definition) is 0. The van der Waals surface area contributed by atoms with Crippen LogP contribution in [-0.4, -0.2) is 28.4 Å². The fourth-order valence-corrected chi connectivity index (χ4v) is 4.22. The lowest BCUT2D eigenvalue weighted by molar-refractivity contribution is -0.172. The molecule has 0 N–H and O–H groups in total. The van der Waals surface area contributed by atoms with E-state index in [9.17, 15) is 26.7 Å². The number of alkyl halides is 3. The third kappa shape index (κ3) is 4.27. The Morgan fingerprint density at radius 1 is 1.26 bits per heavy atom. The lowest BCUT2D eigenvalue weighted by Gasteiger charge is -2.33. The number of amides is 1. The van der Waals surface area contributed by atoms with E-state index in [1.54, 1.807) is 12.3 Å². The smallest absolute Gasteiger partial charge is 0.410 e. The molecule has 31 heavy (non-hydrogen) atoms. The average Bonchev–Trinajstić information content (AvgIpc) is 3.31. The zero-order valence-corrected chi connectivity index (χ0v) is 16.9. The quantitative estimate of drug-likeness (QED) is 0.502. The first-order valence-corrected chi connectivity index (χ1v) is 10.1. The minimum Gasteiger partial charge on any atom is -0.486 e. The van der Waals surface area contributed by atoms with Crippen molar-refractivity contribution in [2.75, 3.05) is 11.4 Å². The molecule has 0 radical (unpaired) electrons. The molecule has 1 aliphatic rings. The van der Waals surface area contributed by atoms with E-state index in [0.29, 0.717) is 22.2 Å². The van der Waals surface area contributed by atoms with Crippen molar-refractivity contribution in [3.63, 3.8) is 0 Å². The third-order valence-electron chi connectivity index (χ3n) is 4.81. The lowest BCUT2D eigenvalue weighted by Crippen LogP contribution is -2.42. The van der Waals surface area contributed by atoms with Gasteiger partial charge in [-0.05, 0) is 36.9 Å². The number of rotatable bonds is 4. The average molecular weight is 457 g/mol. The van der Waals surface area contributed by atoms with Crippen LogP contribution in [0.25, 0.3) is 0 Å². The van der Waals surface area contributed by atoms with Gasteiger partial charge in [-0.3, -0.25) is 9.69 Å². The molecule has 1 atom stereocenters. The second kappa shape index (κ2) is 7.95. The molecule has 0 fully saturated rings. The number of aryl methyl sites for hydroxylation is 1. The zero-order chi connectivity index (χ0) is 22.3. The second-order valence-corrected chi connectivity index (χ2v) is 7.99. The third-order valence-corrected chi connectivity index (χ3v) is 5.78. The first kappa shape index (κ1) is 21.3. The van der Waals surface area contributed by atoms with Crippen LogP contribution in [0.3, 0.4) is 0 Å². The van der Waals surface area contributed by atoms with Gasteiger partial charge in [0, 0.05) is 24.2 Å². The molecule has 5 nitrogen and oxygen atoms in total. The van der Waals surface area contributed by atoms with Gasteiger partial charge in [0.15, 0.2) is 17.6 Å². The molecule has 4 rings (SSSR count). The van der Waals surface area contributed by atoms with Crippen LogP contribution in [0.2, 0.25) is 0 Å². The molecule has 0 saturated heterocycles. The van der Waals surface area contributed by atoms with E-state index in [1.165, 1.54) is 17.0 Å². The second-order valence-electron chi connectivity index (χ2n) is 7.07. The molecule has 0 bridgehead atoms. The highest BCUT2D eigenvalue weighted by atomic mass is 32.1. The summed E-state index contributed by atoms with van der Waals surface area (Å²) in [7, 11) is 0. The molecule has 3 heterocycles. The molecule has 2 aromatic heterocycles. The highest BCUT2D eigenvalue weighted by Gasteiger charge is 2.46. The number of hydrogen-bond acceptors (Lipinski definition) is 4. The van der Waals surface area contributed by atoms with Crippen molar-refractivity contribution < 1.29 is 31.5 Å². The van der Waals surface area contributed by atoms with Crippen LogP contribution in [0.15, 0.2) is 35.7 Å². The van der Waals surface area contributed by atoms with Gasteiger partial charge >= 0.3 is 6.18 Å². The van der Waals surface area contributed by atoms with Gasteiger partial charge in [-0.15, -0.1) is 11.3 Å². The Hall–Kier alpha value is -2.95. The van der Waals surface area contributed by atoms with Crippen molar-refractivity contribution in [1.29, 1.82) is 0 Å². The molecule has 1 amide bonds. The summed E-state index contributed by atoms with van der Waals surface area (Å²) < 4.78 is 72.8. The summed E-state index contributed by atoms with van der Waals surface area (Å²) >= 11 is 1.10. The van der Waals surface area contributed by atoms with Crippen molar-refractivity contribution >= 4 is 23.1 Å². The van der Waals surface area contributed by atoms with E-state index in [2.05, 4.69) is 5.10 Å². The summed E-state index contributed by atoms with van der Waals surface area (Å²) in [5.41, 5.74) is 0.956. The summed E-state index contributed by atoms with van der Waals surface area (Å²) in [4.78, 5) is 14.6. The van der Waals surface area contributed by atoms with Gasteiger partial charge in [0.05, 0.1) is 10.6 Å². The number of thiophene rings is 1. The van der Waals surface area contributed by atoms with E-state index in [1.807, 2.05) is 0 Å². The Kier molecular flexibility index (Phi) is 5.46. The number of benzene rings is 1. The van der Waals surface area contributed by atoms with E-state index >= 15 is 0 Å². The highest BCUT2D eigenvalue weighted by molar-refractivity contribution is 7.12. The SMILES string of the molecule is Cc1cc2n(n1)C(C(F)(F)F)CCN2C(=O)c1cc(COc2ccc(F)cc2F)cs1. The monoisotopic (exact) mass is 457 g/mol. The molecule has 1 unspecified atom stereocenters. The predicted octanol–water partition coefficient (Wildman–Crippen LogP) is 5.26. The summed E-state index contributed by atoms with van der Waals surface area (Å²) in [6.45, 7) is 1.41. The molecule has 164 valence electrons. The normalized spacial score (nSPS) is 16.3. The number of carbonyl (C=O) groups is 1. The van der Waals surface area contributed by atoms with Crippen LogP contribution in [0.5, 0.6) is 5.75 Å². The number of aromatic nitrogens is 2. The first-order chi connectivity index (χ1) is 14.6. The van der Waals surface area contributed by atoms with Gasteiger partial charge in [0.2, 0.25) is 0 Å². The van der Waals surface area contributed by atoms with Crippen LogP contribution in [-0.2, 0) is 6.61 Å². The Balaban J connectivity index is 1.51. The van der Waals surface area contributed by atoms with E-state index in [0.717, 1.165) is 28.2 Å². The van der Waals surface area contributed by atoms with Crippen molar-refractivity contribution in [2.45, 2.75) is 32.2 Å². The number of fused-ring (bicyclic) bond motifs is 1. The minimum absolute atomic E-state index is 0.0560. The first-order valence-electron chi connectivity index (χ1n) is 9.23. The molecule has 11 heteroatoms. The van der Waals surface area contributed by atoms with Gasteiger partial charge in [-0.25, -0.2) is 13.5 Å². The minimum atomic E-state index is -4.47. The maximum atomic E-state index is 13.7. The number of ether oxygens (including phenoxy) is 1. The topological polar surface area (TPSA) is 47.4 Å². The Morgan fingerprint density at radius 2 is 2.03 bits per heavy atom. The summed E-state index contributed by atoms with van der Waals surface area (Å²) in [5, 5.41) is 5.57. The number of anilines is 1. The fourth-order valence-electron chi connectivity index (χ4n) is 3.38. The zero-order valence-electron chi connectivity index (χ0n) is 16.1. The maximum Gasteiger partial charge on any atom is 0.410 e. The van der Waals surface area contributed by atoms with Crippen molar-refractivity contribution in [1.82, 2.24) is 9.78 Å². The van der Waals surface area contributed by atoms with Crippen molar-refractivity contribution in [2.24, 2.45) is 0 Å². The molecular weight excluding hydrogens is 441 g/mol. The van der Waals surface area contributed by atoms with Gasteiger partial charge < -0.3 is 4.74 Å². The standard InChI is InChI=1S/C20H16F5N3O2S/c1-11-6-18-27(5-4-17(20(23,24)25)28(18)26-11)19(29)16-7-12(10-31-16)9-30-15-3-2-13(21)8-14(15)22/h2-3,6-8,10,17H,4-5,9H2,1H3. The van der Waals surface area contributed by atoms with Crippen LogP contribution in [0, 0.1) is 18.6 Å². The molecule has 0 aliphatic carbocycles. The summed E-state index contributed by atoms with van der Waals surface area (Å²) in [6.07, 6.45) is -4.76. The largest absolute Gasteiger partial charge is 0.486 e. The van der Waals surface area contributed by atoms with Crippen molar-refractivity contribution in [3.05, 3.63) is 63.5 Å². The predicted molar refractivity (Wildman–Crippen MR) is 103 cm³/mol. The Morgan fingerprint density at radius 3 is 2.74 bits per heavy atom. The molecule has 1 aromatic carbocycles. The van der Waals surface area contributed by atoms with Crippen molar-refractivity contribution in [3.8, 4) is 5.75 Å². The lowest BCUT2D eigenvalue weighted by atomic mass is 10.1. The van der Waals surface area contributed by atoms with Gasteiger partial charge in [0.25, 0.3) is 5.91 Å². The highest BCUT2D eigenvalue weighted by Crippen LogP contribution is 2.40. The fraction of sp³-hybridized carbons (Fsp3) is 0.300. The molecule has 0 spiro atoms. The molecule has 0 saturated carbocycles. The van der Waals surface area contributed by atoms with E-state index in [4.69, 9.17) is 4.74 Å². The van der Waals surface area contributed by atoms with Crippen LogP contribution in [0.1, 0.15) is 33.4 Å². The Labute approximate surface area is 177 Å². The van der Waals surface area contributed by atoms with Crippen LogP contribution < -0.4 is 9.64 Å². The molecule has 1 aliphatic heterocycles. The maximum absolute atomic E-state index is 13.7. The van der Waals surface area contributed by atoms with Crippen LogP contribution >= 0.6 is 11.3 Å². The number of nitrogens with zero attached hydrogens (tertiary/aromatic N) is 3. The summed E-state index contributed by atoms with van der Waals surface area (Å²) in [6, 6.07) is 4.14.